The summed E-state index contributed by atoms with van der Waals surface area (Å²) in [4.78, 5) is 16.4. The minimum Gasteiger partial charge on any atom is -0.357 e. The highest BCUT2D eigenvalue weighted by Crippen LogP contribution is 2.41. The minimum absolute atomic E-state index is 0. The number of nitrogens with zero attached hydrogens (tertiary/aromatic N) is 1. The van der Waals surface area contributed by atoms with Crippen molar-refractivity contribution in [3.05, 3.63) is 0 Å². The van der Waals surface area contributed by atoms with E-state index in [1.54, 1.807) is 0 Å². The zero-order chi connectivity index (χ0) is 16.4. The number of aliphatic imine (C=N–C) groups is 1. The molecule has 0 aromatic heterocycles. The Morgan fingerprint density at radius 3 is 2.35 bits per heavy atom. The molecular formula is C17H35IN4O. The summed E-state index contributed by atoms with van der Waals surface area (Å²) in [6.07, 6.45) is 6.94. The predicted octanol–water partition coefficient (Wildman–Crippen LogP) is 3.04. The van der Waals surface area contributed by atoms with Crippen LogP contribution in [-0.4, -0.2) is 37.5 Å². The number of hydrogen-bond donors (Lipinski definition) is 3. The highest BCUT2D eigenvalue weighted by molar-refractivity contribution is 14.0. The number of rotatable bonds is 8. The quantitative estimate of drug-likeness (QED) is 0.310. The number of carbonyl (C=O) groups excluding carboxylic acids is 1. The summed E-state index contributed by atoms with van der Waals surface area (Å²) in [5.74, 6) is 0.916. The zero-order valence-corrected chi connectivity index (χ0v) is 17.5. The lowest BCUT2D eigenvalue weighted by atomic mass is 9.84. The van der Waals surface area contributed by atoms with E-state index in [1.807, 2.05) is 13.8 Å². The summed E-state index contributed by atoms with van der Waals surface area (Å²) in [6, 6.07) is 0.196. The normalized spacial score (nSPS) is 16.8. The molecule has 23 heavy (non-hydrogen) atoms. The Morgan fingerprint density at radius 2 is 1.83 bits per heavy atom. The largest absolute Gasteiger partial charge is 0.357 e. The van der Waals surface area contributed by atoms with E-state index in [0.717, 1.165) is 19.0 Å². The molecule has 0 spiro atoms. The lowest BCUT2D eigenvalue weighted by Gasteiger charge is -2.25. The van der Waals surface area contributed by atoms with Gasteiger partial charge in [-0.3, -0.25) is 9.79 Å². The minimum atomic E-state index is 0. The van der Waals surface area contributed by atoms with Crippen LogP contribution in [0.4, 0.5) is 0 Å². The average Bonchev–Trinajstić information content (AvgIpc) is 2.93. The Morgan fingerprint density at radius 1 is 1.17 bits per heavy atom. The van der Waals surface area contributed by atoms with Gasteiger partial charge in [0, 0.05) is 32.1 Å². The number of hydrogen-bond acceptors (Lipinski definition) is 2. The number of nitrogens with one attached hydrogen (secondary N) is 3. The van der Waals surface area contributed by atoms with Crippen LogP contribution in [0.5, 0.6) is 0 Å². The van der Waals surface area contributed by atoms with Gasteiger partial charge in [-0.15, -0.1) is 24.0 Å². The SMILES string of the molecule is CCNC(=NCC1(CC)CCCC1)NCCC(=O)NC(C)C.I. The molecule has 0 bridgehead atoms. The molecule has 0 saturated heterocycles. The number of amides is 1. The molecule has 0 unspecified atom stereocenters. The van der Waals surface area contributed by atoms with E-state index in [-0.39, 0.29) is 35.9 Å². The fourth-order valence-corrected chi connectivity index (χ4v) is 3.03. The average molecular weight is 438 g/mol. The third-order valence-corrected chi connectivity index (χ3v) is 4.43. The molecule has 3 N–H and O–H groups in total. The van der Waals surface area contributed by atoms with Gasteiger partial charge in [0.2, 0.25) is 5.91 Å². The van der Waals surface area contributed by atoms with Crippen LogP contribution in [0, 0.1) is 5.41 Å². The van der Waals surface area contributed by atoms with E-state index in [0.29, 0.717) is 18.4 Å². The van der Waals surface area contributed by atoms with Gasteiger partial charge in [0.05, 0.1) is 0 Å². The van der Waals surface area contributed by atoms with E-state index in [1.165, 1.54) is 32.1 Å². The molecule has 0 atom stereocenters. The first-order chi connectivity index (χ1) is 10.5. The van der Waals surface area contributed by atoms with Crippen molar-refractivity contribution < 1.29 is 4.79 Å². The van der Waals surface area contributed by atoms with Crippen molar-refractivity contribution in [1.29, 1.82) is 0 Å². The first-order valence-electron chi connectivity index (χ1n) is 8.83. The smallest absolute Gasteiger partial charge is 0.221 e. The fraction of sp³-hybridized carbons (Fsp3) is 0.882. The van der Waals surface area contributed by atoms with Crippen molar-refractivity contribution in [2.75, 3.05) is 19.6 Å². The second-order valence-electron chi connectivity index (χ2n) is 6.65. The molecule has 1 fully saturated rings. The van der Waals surface area contributed by atoms with Crippen molar-refractivity contribution in [3.8, 4) is 0 Å². The van der Waals surface area contributed by atoms with Crippen molar-refractivity contribution in [1.82, 2.24) is 16.0 Å². The van der Waals surface area contributed by atoms with Crippen molar-refractivity contribution in [2.45, 2.75) is 72.3 Å². The third kappa shape index (κ3) is 8.77. The maximum absolute atomic E-state index is 11.6. The van der Waals surface area contributed by atoms with E-state index in [9.17, 15) is 4.79 Å². The van der Waals surface area contributed by atoms with Crippen LogP contribution < -0.4 is 16.0 Å². The molecular weight excluding hydrogens is 403 g/mol. The fourth-order valence-electron chi connectivity index (χ4n) is 3.03. The molecule has 0 aromatic carbocycles. The van der Waals surface area contributed by atoms with Gasteiger partial charge in [0.25, 0.3) is 0 Å². The maximum atomic E-state index is 11.6. The molecule has 1 aliphatic carbocycles. The molecule has 0 aromatic rings. The lowest BCUT2D eigenvalue weighted by Crippen LogP contribution is -2.40. The Balaban J connectivity index is 0.00000484. The predicted molar refractivity (Wildman–Crippen MR) is 108 cm³/mol. The molecule has 0 aliphatic heterocycles. The summed E-state index contributed by atoms with van der Waals surface area (Å²) in [7, 11) is 0. The second-order valence-corrected chi connectivity index (χ2v) is 6.65. The van der Waals surface area contributed by atoms with Gasteiger partial charge < -0.3 is 16.0 Å². The summed E-state index contributed by atoms with van der Waals surface area (Å²) >= 11 is 0. The van der Waals surface area contributed by atoms with Crippen LogP contribution in [0.25, 0.3) is 0 Å². The van der Waals surface area contributed by atoms with Crippen molar-refractivity contribution >= 4 is 35.8 Å². The van der Waals surface area contributed by atoms with Gasteiger partial charge in [-0.25, -0.2) is 0 Å². The van der Waals surface area contributed by atoms with Crippen LogP contribution in [0.2, 0.25) is 0 Å². The number of guanidine groups is 1. The maximum Gasteiger partial charge on any atom is 0.221 e. The first-order valence-corrected chi connectivity index (χ1v) is 8.83. The van der Waals surface area contributed by atoms with Gasteiger partial charge in [-0.05, 0) is 45.4 Å². The van der Waals surface area contributed by atoms with Crippen LogP contribution in [-0.2, 0) is 4.79 Å². The molecule has 136 valence electrons. The third-order valence-electron chi connectivity index (χ3n) is 4.43. The van der Waals surface area contributed by atoms with E-state index in [2.05, 4.69) is 29.8 Å². The van der Waals surface area contributed by atoms with Crippen LogP contribution in [0.15, 0.2) is 4.99 Å². The van der Waals surface area contributed by atoms with Crippen molar-refractivity contribution in [3.63, 3.8) is 0 Å². The topological polar surface area (TPSA) is 65.5 Å². The van der Waals surface area contributed by atoms with Gasteiger partial charge in [-0.2, -0.15) is 0 Å². The molecule has 1 aliphatic rings. The Bertz CT molecular complexity index is 366. The number of halogens is 1. The highest BCUT2D eigenvalue weighted by Gasteiger charge is 2.31. The highest BCUT2D eigenvalue weighted by atomic mass is 127. The van der Waals surface area contributed by atoms with Crippen LogP contribution in [0.1, 0.15) is 66.2 Å². The Labute approximate surface area is 158 Å². The Kier molecular flexibility index (Phi) is 11.6. The lowest BCUT2D eigenvalue weighted by molar-refractivity contribution is -0.121. The molecule has 0 radical (unpaired) electrons. The molecule has 1 amide bonds. The molecule has 6 heteroatoms. The van der Waals surface area contributed by atoms with Gasteiger partial charge in [0.1, 0.15) is 0 Å². The standard InChI is InChI=1S/C17H34N4O.HI/c1-5-17(10-7-8-11-17)13-20-16(18-6-2)19-12-9-15(22)21-14(3)4;/h14H,5-13H2,1-4H3,(H,21,22)(H2,18,19,20);1H. The molecule has 1 saturated carbocycles. The number of carbonyl (C=O) groups is 1. The van der Waals surface area contributed by atoms with Gasteiger partial charge >= 0.3 is 0 Å². The summed E-state index contributed by atoms with van der Waals surface area (Å²) in [5.41, 5.74) is 0.400. The van der Waals surface area contributed by atoms with Gasteiger partial charge in [-0.1, -0.05) is 19.8 Å². The summed E-state index contributed by atoms with van der Waals surface area (Å²) < 4.78 is 0. The van der Waals surface area contributed by atoms with Crippen molar-refractivity contribution in [2.24, 2.45) is 10.4 Å². The van der Waals surface area contributed by atoms with E-state index < -0.39 is 0 Å². The zero-order valence-electron chi connectivity index (χ0n) is 15.2. The summed E-state index contributed by atoms with van der Waals surface area (Å²) in [6.45, 7) is 10.6. The van der Waals surface area contributed by atoms with Crippen LogP contribution >= 0.6 is 24.0 Å². The second kappa shape index (κ2) is 11.9. The molecule has 1 rings (SSSR count). The summed E-state index contributed by atoms with van der Waals surface area (Å²) in [5, 5.41) is 9.44. The molecule has 5 nitrogen and oxygen atoms in total. The Hall–Kier alpha value is -0.530. The molecule has 0 heterocycles. The monoisotopic (exact) mass is 438 g/mol. The van der Waals surface area contributed by atoms with Gasteiger partial charge in [0.15, 0.2) is 5.96 Å². The van der Waals surface area contributed by atoms with E-state index >= 15 is 0 Å². The van der Waals surface area contributed by atoms with Crippen LogP contribution in [0.3, 0.4) is 0 Å². The van der Waals surface area contributed by atoms with E-state index in [4.69, 9.17) is 4.99 Å². The first kappa shape index (κ1) is 22.5.